The molecule has 2 saturated carbocycles. The Labute approximate surface area is 151 Å². The minimum absolute atomic E-state index is 0.0486. The number of benzene rings is 2. The van der Waals surface area contributed by atoms with Gasteiger partial charge in [0, 0.05) is 10.6 Å². The first-order chi connectivity index (χ1) is 11.9. The van der Waals surface area contributed by atoms with Crippen molar-refractivity contribution in [1.82, 2.24) is 0 Å². The van der Waals surface area contributed by atoms with Crippen molar-refractivity contribution in [2.45, 2.75) is 46.1 Å². The van der Waals surface area contributed by atoms with Crippen LogP contribution in [0.15, 0.2) is 60.7 Å². The molecule has 2 fully saturated rings. The maximum absolute atomic E-state index is 14.2. The Morgan fingerprint density at radius 3 is 1.84 bits per heavy atom. The number of hydrogen-bond donors (Lipinski definition) is 0. The van der Waals surface area contributed by atoms with Crippen LogP contribution in [0.2, 0.25) is 0 Å². The number of hydrogen-bond acceptors (Lipinski definition) is 2. The van der Waals surface area contributed by atoms with Gasteiger partial charge >= 0.3 is 0 Å². The third-order valence-corrected chi connectivity index (χ3v) is 9.69. The zero-order chi connectivity index (χ0) is 17.7. The smallest absolute Gasteiger partial charge is 0.261 e. The van der Waals surface area contributed by atoms with Gasteiger partial charge in [-0.2, -0.15) is 0 Å². The molecular weight excluding hydrogens is 327 g/mol. The summed E-state index contributed by atoms with van der Waals surface area (Å²) in [6, 6.07) is 19.5. The van der Waals surface area contributed by atoms with Gasteiger partial charge in [-0.3, -0.25) is 4.57 Å². The highest BCUT2D eigenvalue weighted by Gasteiger charge is 2.63. The molecule has 2 bridgehead atoms. The lowest BCUT2D eigenvalue weighted by Crippen LogP contribution is -2.38. The molecule has 0 saturated heterocycles. The van der Waals surface area contributed by atoms with Crippen LogP contribution in [0.4, 0.5) is 0 Å². The van der Waals surface area contributed by atoms with Crippen molar-refractivity contribution in [3.63, 3.8) is 0 Å². The van der Waals surface area contributed by atoms with E-state index in [1.54, 1.807) is 0 Å². The predicted octanol–water partition coefficient (Wildman–Crippen LogP) is 5.15. The van der Waals surface area contributed by atoms with Gasteiger partial charge in [0.05, 0.1) is 6.10 Å². The second-order valence-corrected chi connectivity index (χ2v) is 10.8. The predicted molar refractivity (Wildman–Crippen MR) is 104 cm³/mol. The van der Waals surface area contributed by atoms with Gasteiger partial charge in [-0.25, -0.2) is 0 Å². The minimum atomic E-state index is -3.10. The third-order valence-electron chi connectivity index (χ3n) is 7.18. The van der Waals surface area contributed by atoms with Crippen molar-refractivity contribution in [2.24, 2.45) is 16.7 Å². The zero-order valence-electron chi connectivity index (χ0n) is 15.3. The van der Waals surface area contributed by atoms with E-state index < -0.39 is 7.37 Å². The molecule has 4 rings (SSSR count). The summed E-state index contributed by atoms with van der Waals surface area (Å²) in [5.74, 6) is 0.669. The zero-order valence-corrected chi connectivity index (χ0v) is 16.2. The van der Waals surface area contributed by atoms with E-state index in [1.807, 2.05) is 60.7 Å². The minimum Gasteiger partial charge on any atom is -0.318 e. The standard InChI is InChI=1S/C22H27O2P/c1-21(2)17-14-15-22(21,3)20(16-17)24-25(23,18-10-6-4-7-11-18)19-12-8-5-9-13-19/h4-13,17,20H,14-16H2,1-3H3/t17-,20+,22+/m0/s1. The van der Waals surface area contributed by atoms with Gasteiger partial charge in [0.25, 0.3) is 7.37 Å². The number of rotatable bonds is 4. The molecule has 3 heteroatoms. The average molecular weight is 354 g/mol. The number of fused-ring (bicyclic) bond motifs is 2. The first-order valence-electron chi connectivity index (χ1n) is 9.28. The first kappa shape index (κ1) is 17.1. The van der Waals surface area contributed by atoms with E-state index in [1.165, 1.54) is 12.8 Å². The Hall–Kier alpha value is -1.37. The van der Waals surface area contributed by atoms with E-state index >= 15 is 0 Å². The van der Waals surface area contributed by atoms with E-state index in [9.17, 15) is 4.57 Å². The highest BCUT2D eigenvalue weighted by Crippen LogP contribution is 2.68. The summed E-state index contributed by atoms with van der Waals surface area (Å²) in [7, 11) is -3.10. The van der Waals surface area contributed by atoms with E-state index in [4.69, 9.17) is 4.52 Å². The molecule has 2 aromatic carbocycles. The average Bonchev–Trinajstić information content (AvgIpc) is 2.96. The fourth-order valence-corrected chi connectivity index (χ4v) is 7.34. The topological polar surface area (TPSA) is 26.3 Å². The lowest BCUT2D eigenvalue weighted by molar-refractivity contribution is 0.0347. The molecule has 0 spiro atoms. The summed E-state index contributed by atoms with van der Waals surface area (Å²) in [6.07, 6.45) is 3.50. The summed E-state index contributed by atoms with van der Waals surface area (Å²) in [5, 5.41) is 1.59. The van der Waals surface area contributed by atoms with Crippen molar-refractivity contribution in [3.8, 4) is 0 Å². The van der Waals surface area contributed by atoms with E-state index in [0.717, 1.165) is 17.0 Å². The summed E-state index contributed by atoms with van der Waals surface area (Å²) in [5.41, 5.74) is 0.340. The Morgan fingerprint density at radius 1 is 0.920 bits per heavy atom. The maximum Gasteiger partial charge on any atom is 0.261 e. The largest absolute Gasteiger partial charge is 0.318 e. The first-order valence-corrected chi connectivity index (χ1v) is 10.9. The second-order valence-electron chi connectivity index (χ2n) is 8.43. The molecule has 2 aliphatic rings. The Morgan fingerprint density at radius 2 is 1.44 bits per heavy atom. The lowest BCUT2D eigenvalue weighted by atomic mass is 9.70. The Bertz CT molecular complexity index is 756. The van der Waals surface area contributed by atoms with Crippen molar-refractivity contribution < 1.29 is 9.09 Å². The van der Waals surface area contributed by atoms with Crippen molar-refractivity contribution in [3.05, 3.63) is 60.7 Å². The van der Waals surface area contributed by atoms with Crippen LogP contribution in [0.3, 0.4) is 0 Å². The van der Waals surface area contributed by atoms with Crippen LogP contribution in [-0.4, -0.2) is 6.10 Å². The van der Waals surface area contributed by atoms with Gasteiger partial charge in [0.15, 0.2) is 0 Å². The van der Waals surface area contributed by atoms with Crippen LogP contribution in [0.1, 0.15) is 40.0 Å². The highest BCUT2D eigenvalue weighted by atomic mass is 31.2. The molecule has 2 aliphatic carbocycles. The van der Waals surface area contributed by atoms with E-state index in [0.29, 0.717) is 5.92 Å². The molecule has 0 N–H and O–H groups in total. The molecule has 0 amide bonds. The fraction of sp³-hybridized carbons (Fsp3) is 0.455. The molecule has 132 valence electrons. The summed E-state index contributed by atoms with van der Waals surface area (Å²) >= 11 is 0. The maximum atomic E-state index is 14.2. The monoisotopic (exact) mass is 354 g/mol. The van der Waals surface area contributed by atoms with Gasteiger partial charge in [-0.05, 0) is 60.3 Å². The van der Waals surface area contributed by atoms with Gasteiger partial charge < -0.3 is 4.52 Å². The normalized spacial score (nSPS) is 30.5. The highest BCUT2D eigenvalue weighted by molar-refractivity contribution is 7.74. The van der Waals surface area contributed by atoms with Gasteiger partial charge in [-0.15, -0.1) is 0 Å². The molecule has 3 atom stereocenters. The van der Waals surface area contributed by atoms with Crippen LogP contribution >= 0.6 is 7.37 Å². The Balaban J connectivity index is 1.76. The molecule has 2 aromatic rings. The van der Waals surface area contributed by atoms with Crippen LogP contribution in [0, 0.1) is 16.7 Å². The van der Waals surface area contributed by atoms with Gasteiger partial charge in [0.1, 0.15) is 0 Å². The molecule has 0 unspecified atom stereocenters. The molecule has 0 heterocycles. The summed E-state index contributed by atoms with van der Waals surface area (Å²) in [6.45, 7) is 7.07. The van der Waals surface area contributed by atoms with Crippen LogP contribution < -0.4 is 10.6 Å². The van der Waals surface area contributed by atoms with Gasteiger partial charge in [0.2, 0.25) is 0 Å². The van der Waals surface area contributed by atoms with E-state index in [-0.39, 0.29) is 16.9 Å². The lowest BCUT2D eigenvalue weighted by Gasteiger charge is -2.40. The fourth-order valence-electron chi connectivity index (χ4n) is 4.99. The molecule has 25 heavy (non-hydrogen) atoms. The summed E-state index contributed by atoms with van der Waals surface area (Å²) < 4.78 is 20.8. The van der Waals surface area contributed by atoms with E-state index in [2.05, 4.69) is 20.8 Å². The summed E-state index contributed by atoms with van der Waals surface area (Å²) in [4.78, 5) is 0. The Kier molecular flexibility index (Phi) is 3.98. The molecule has 0 aromatic heterocycles. The third kappa shape index (κ3) is 2.46. The van der Waals surface area contributed by atoms with Crippen LogP contribution in [-0.2, 0) is 9.09 Å². The molecular formula is C22H27O2P. The SMILES string of the molecule is CC1(C)[C@H]2CC[C@]1(C)[C@H](OP(=O)(c1ccccc1)c1ccccc1)C2. The van der Waals surface area contributed by atoms with Crippen molar-refractivity contribution in [1.29, 1.82) is 0 Å². The molecule has 0 radical (unpaired) electrons. The molecule has 2 nitrogen and oxygen atoms in total. The van der Waals surface area contributed by atoms with Crippen LogP contribution in [0.25, 0.3) is 0 Å². The second kappa shape index (κ2) is 5.83. The van der Waals surface area contributed by atoms with Crippen molar-refractivity contribution in [2.75, 3.05) is 0 Å². The molecule has 0 aliphatic heterocycles. The van der Waals surface area contributed by atoms with Gasteiger partial charge in [-0.1, -0.05) is 57.2 Å². The quantitative estimate of drug-likeness (QED) is 0.710. The van der Waals surface area contributed by atoms with Crippen LogP contribution in [0.5, 0.6) is 0 Å². The van der Waals surface area contributed by atoms with Crippen molar-refractivity contribution >= 4 is 18.0 Å².